The van der Waals surface area contributed by atoms with Crippen molar-refractivity contribution in [2.75, 3.05) is 25.0 Å². The molecule has 0 spiro atoms. The highest BCUT2D eigenvalue weighted by atomic mass is 35.5. The molecule has 1 aliphatic carbocycles. The van der Waals surface area contributed by atoms with Crippen LogP contribution < -0.4 is 4.90 Å². The van der Waals surface area contributed by atoms with Gasteiger partial charge in [0.1, 0.15) is 11.9 Å². The van der Waals surface area contributed by atoms with Gasteiger partial charge in [-0.2, -0.15) is 5.26 Å². The quantitative estimate of drug-likeness (QED) is 0.795. The predicted molar refractivity (Wildman–Crippen MR) is 98.0 cm³/mol. The molecule has 1 aromatic heterocycles. The SMILES string of the molecule is CN1C(=O)N(C2CCCN(c3cnc(C#N)c(Cl)n3)C2)C2CCCCC21. The van der Waals surface area contributed by atoms with Gasteiger partial charge < -0.3 is 14.7 Å². The van der Waals surface area contributed by atoms with Crippen LogP contribution in [0.15, 0.2) is 6.20 Å². The first-order valence-corrected chi connectivity index (χ1v) is 9.70. The van der Waals surface area contributed by atoms with Crippen molar-refractivity contribution in [3.05, 3.63) is 17.0 Å². The zero-order valence-electron chi connectivity index (χ0n) is 14.9. The molecule has 3 heterocycles. The summed E-state index contributed by atoms with van der Waals surface area (Å²) in [4.78, 5) is 27.6. The van der Waals surface area contributed by atoms with Crippen molar-refractivity contribution in [3.8, 4) is 6.07 Å². The number of nitrogens with zero attached hydrogens (tertiary/aromatic N) is 6. The summed E-state index contributed by atoms with van der Waals surface area (Å²) in [5, 5.41) is 9.11. The predicted octanol–water partition coefficient (Wildman–Crippen LogP) is 2.65. The highest BCUT2D eigenvalue weighted by Gasteiger charge is 2.48. The summed E-state index contributed by atoms with van der Waals surface area (Å²) in [5.74, 6) is 0.680. The monoisotopic (exact) mass is 374 g/mol. The van der Waals surface area contributed by atoms with Crippen LogP contribution >= 0.6 is 11.6 Å². The molecule has 2 aliphatic heterocycles. The first-order chi connectivity index (χ1) is 12.6. The third-order valence-electron chi connectivity index (χ3n) is 6.01. The lowest BCUT2D eigenvalue weighted by atomic mass is 9.89. The first-order valence-electron chi connectivity index (χ1n) is 9.33. The maximum Gasteiger partial charge on any atom is 0.320 e. The first kappa shape index (κ1) is 17.3. The molecule has 2 saturated heterocycles. The minimum Gasteiger partial charge on any atom is -0.353 e. The molecule has 8 heteroatoms. The molecule has 7 nitrogen and oxygen atoms in total. The number of halogens is 1. The van der Waals surface area contributed by atoms with E-state index in [0.717, 1.165) is 38.8 Å². The summed E-state index contributed by atoms with van der Waals surface area (Å²) in [7, 11) is 1.94. The molecule has 0 aromatic carbocycles. The van der Waals surface area contributed by atoms with Gasteiger partial charge in [0, 0.05) is 20.1 Å². The summed E-state index contributed by atoms with van der Waals surface area (Å²) in [6.45, 7) is 1.60. The Hall–Kier alpha value is -2.07. The topological polar surface area (TPSA) is 76.4 Å². The Balaban J connectivity index is 1.54. The lowest BCUT2D eigenvalue weighted by molar-refractivity contribution is 0.145. The molecule has 3 fully saturated rings. The van der Waals surface area contributed by atoms with E-state index in [1.165, 1.54) is 12.8 Å². The number of aromatic nitrogens is 2. The van der Waals surface area contributed by atoms with Gasteiger partial charge in [0.05, 0.1) is 24.3 Å². The average Bonchev–Trinajstić information content (AvgIpc) is 2.93. The van der Waals surface area contributed by atoms with Gasteiger partial charge in [-0.3, -0.25) is 0 Å². The van der Waals surface area contributed by atoms with Gasteiger partial charge >= 0.3 is 6.03 Å². The van der Waals surface area contributed by atoms with E-state index in [0.29, 0.717) is 17.9 Å². The number of carbonyl (C=O) groups excluding carboxylic acids is 1. The molecule has 0 radical (unpaired) electrons. The Labute approximate surface area is 158 Å². The Bertz CT molecular complexity index is 750. The molecule has 0 bridgehead atoms. The molecule has 138 valence electrons. The fourth-order valence-corrected chi connectivity index (χ4v) is 4.91. The van der Waals surface area contributed by atoms with Gasteiger partial charge in [-0.05, 0) is 25.7 Å². The number of hydrogen-bond acceptors (Lipinski definition) is 5. The Morgan fingerprint density at radius 1 is 1.23 bits per heavy atom. The molecular formula is C18H23ClN6O. The number of rotatable bonds is 2. The van der Waals surface area contributed by atoms with Gasteiger partial charge in [0.15, 0.2) is 10.8 Å². The minimum absolute atomic E-state index is 0.136. The van der Waals surface area contributed by atoms with Crippen LogP contribution in [0.25, 0.3) is 0 Å². The summed E-state index contributed by atoms with van der Waals surface area (Å²) in [6, 6.07) is 2.98. The van der Waals surface area contributed by atoms with E-state index in [-0.39, 0.29) is 22.9 Å². The van der Waals surface area contributed by atoms with Gasteiger partial charge in [-0.25, -0.2) is 14.8 Å². The highest BCUT2D eigenvalue weighted by molar-refractivity contribution is 6.30. The van der Waals surface area contributed by atoms with E-state index in [1.807, 2.05) is 18.0 Å². The van der Waals surface area contributed by atoms with E-state index in [2.05, 4.69) is 19.8 Å². The normalized spacial score (nSPS) is 28.9. The van der Waals surface area contributed by atoms with Crippen molar-refractivity contribution in [3.63, 3.8) is 0 Å². The highest BCUT2D eigenvalue weighted by Crippen LogP contribution is 2.36. The number of nitriles is 1. The van der Waals surface area contributed by atoms with Crippen LogP contribution in [0, 0.1) is 11.3 Å². The second kappa shape index (κ2) is 6.92. The summed E-state index contributed by atoms with van der Waals surface area (Å²) in [6.07, 6.45) is 8.23. The van der Waals surface area contributed by atoms with Crippen molar-refractivity contribution in [1.82, 2.24) is 19.8 Å². The second-order valence-corrected chi connectivity index (χ2v) is 7.80. The molecule has 0 N–H and O–H groups in total. The minimum atomic E-state index is 0.136. The van der Waals surface area contributed by atoms with Crippen LogP contribution in [-0.4, -0.2) is 64.1 Å². The second-order valence-electron chi connectivity index (χ2n) is 7.44. The zero-order valence-corrected chi connectivity index (χ0v) is 15.7. The van der Waals surface area contributed by atoms with Crippen molar-refractivity contribution in [2.45, 2.75) is 56.7 Å². The molecule has 3 atom stereocenters. The lowest BCUT2D eigenvalue weighted by Crippen LogP contribution is -2.52. The molecular weight excluding hydrogens is 352 g/mol. The van der Waals surface area contributed by atoms with Gasteiger partial charge in [0.25, 0.3) is 0 Å². The van der Waals surface area contributed by atoms with Crippen LogP contribution in [0.2, 0.25) is 5.15 Å². The molecule has 1 aromatic rings. The number of anilines is 1. The van der Waals surface area contributed by atoms with Crippen molar-refractivity contribution in [1.29, 1.82) is 5.26 Å². The lowest BCUT2D eigenvalue weighted by Gasteiger charge is -2.41. The third kappa shape index (κ3) is 2.86. The molecule has 3 aliphatic rings. The van der Waals surface area contributed by atoms with Crippen molar-refractivity contribution in [2.24, 2.45) is 0 Å². The number of hydrogen-bond donors (Lipinski definition) is 0. The number of carbonyl (C=O) groups is 1. The van der Waals surface area contributed by atoms with E-state index >= 15 is 0 Å². The van der Waals surface area contributed by atoms with Crippen LogP contribution in [-0.2, 0) is 0 Å². The maximum absolute atomic E-state index is 12.9. The fourth-order valence-electron chi connectivity index (χ4n) is 4.74. The molecule has 3 unspecified atom stereocenters. The van der Waals surface area contributed by atoms with Crippen LogP contribution in [0.1, 0.15) is 44.2 Å². The largest absolute Gasteiger partial charge is 0.353 e. The smallest absolute Gasteiger partial charge is 0.320 e. The van der Waals surface area contributed by atoms with E-state index < -0.39 is 0 Å². The summed E-state index contributed by atoms with van der Waals surface area (Å²) >= 11 is 6.05. The van der Waals surface area contributed by atoms with Gasteiger partial charge in [-0.15, -0.1) is 0 Å². The third-order valence-corrected chi connectivity index (χ3v) is 6.27. The number of fused-ring (bicyclic) bond motifs is 1. The number of urea groups is 1. The number of piperidine rings is 1. The van der Waals surface area contributed by atoms with Crippen LogP contribution in [0.5, 0.6) is 0 Å². The summed E-state index contributed by atoms with van der Waals surface area (Å²) in [5.41, 5.74) is 0.144. The van der Waals surface area contributed by atoms with E-state index in [4.69, 9.17) is 16.9 Å². The fraction of sp³-hybridized carbons (Fsp3) is 0.667. The van der Waals surface area contributed by atoms with Crippen LogP contribution in [0.4, 0.5) is 10.6 Å². The molecule has 1 saturated carbocycles. The maximum atomic E-state index is 12.9. The summed E-state index contributed by atoms with van der Waals surface area (Å²) < 4.78 is 0. The van der Waals surface area contributed by atoms with Crippen molar-refractivity contribution < 1.29 is 4.79 Å². The van der Waals surface area contributed by atoms with Crippen LogP contribution in [0.3, 0.4) is 0 Å². The zero-order chi connectivity index (χ0) is 18.3. The van der Waals surface area contributed by atoms with E-state index in [1.54, 1.807) is 6.20 Å². The van der Waals surface area contributed by atoms with Gasteiger partial charge in [-0.1, -0.05) is 24.4 Å². The Morgan fingerprint density at radius 2 is 2.00 bits per heavy atom. The molecule has 26 heavy (non-hydrogen) atoms. The molecule has 2 amide bonds. The molecule has 4 rings (SSSR count). The Kier molecular flexibility index (Phi) is 4.62. The Morgan fingerprint density at radius 3 is 2.73 bits per heavy atom. The van der Waals surface area contributed by atoms with Gasteiger partial charge in [0.2, 0.25) is 0 Å². The average molecular weight is 375 g/mol. The number of likely N-dealkylation sites (N-methyl/N-ethyl adjacent to an activating group) is 1. The van der Waals surface area contributed by atoms with Crippen molar-refractivity contribution >= 4 is 23.4 Å². The standard InChI is InChI=1S/C18H23ClN6O/c1-23-14-6-2-3-7-15(14)25(18(23)26)12-5-4-8-24(11-12)16-10-21-13(9-20)17(19)22-16/h10,12,14-15H,2-8,11H2,1H3. The number of amides is 2. The van der Waals surface area contributed by atoms with E-state index in [9.17, 15) is 4.79 Å².